The lowest BCUT2D eigenvalue weighted by molar-refractivity contribution is -0.433. The predicted molar refractivity (Wildman–Crippen MR) is 126 cm³/mol. The van der Waals surface area contributed by atoms with Crippen molar-refractivity contribution >= 4 is 29.6 Å². The fourth-order valence-electron chi connectivity index (χ4n) is 4.80. The lowest BCUT2D eigenvalue weighted by atomic mass is 9.93. The first-order chi connectivity index (χ1) is 16.6. The number of nitrogens with zero attached hydrogens (tertiary/aromatic N) is 2. The molecule has 1 unspecified atom stereocenters. The highest BCUT2D eigenvalue weighted by molar-refractivity contribution is 5.91. The molecule has 0 radical (unpaired) electrons. The zero-order chi connectivity index (χ0) is 23.9. The van der Waals surface area contributed by atoms with Crippen molar-refractivity contribution in [2.45, 2.75) is 56.5 Å². The topological polar surface area (TPSA) is 115 Å². The quantitative estimate of drug-likeness (QED) is 0.306. The maximum absolute atomic E-state index is 13.1. The second-order valence-corrected chi connectivity index (χ2v) is 8.90. The highest BCUT2D eigenvalue weighted by Gasteiger charge is 2.35. The highest BCUT2D eigenvalue weighted by Crippen LogP contribution is 2.34. The van der Waals surface area contributed by atoms with Crippen molar-refractivity contribution in [3.05, 3.63) is 54.4 Å². The van der Waals surface area contributed by atoms with Gasteiger partial charge in [0.2, 0.25) is 17.5 Å². The van der Waals surface area contributed by atoms with E-state index >= 15 is 0 Å². The van der Waals surface area contributed by atoms with Crippen LogP contribution in [-0.4, -0.2) is 57.4 Å². The van der Waals surface area contributed by atoms with Crippen LogP contribution in [0.4, 0.5) is 5.69 Å². The van der Waals surface area contributed by atoms with Gasteiger partial charge in [-0.3, -0.25) is 19.6 Å². The first-order valence-electron chi connectivity index (χ1n) is 11.9. The predicted octanol–water partition coefficient (Wildman–Crippen LogP) is 2.00. The Balaban J connectivity index is 1.53. The maximum atomic E-state index is 13.1. The van der Waals surface area contributed by atoms with Crippen LogP contribution in [0.15, 0.2) is 48.8 Å². The van der Waals surface area contributed by atoms with E-state index < -0.39 is 23.9 Å². The molecule has 1 aromatic carbocycles. The Hall–Kier alpha value is -3.46. The lowest BCUT2D eigenvalue weighted by Crippen LogP contribution is -2.48. The second kappa shape index (κ2) is 11.1. The monoisotopic (exact) mass is 466 g/mol. The van der Waals surface area contributed by atoms with Crippen LogP contribution < -0.4 is 16.1 Å². The number of rotatable bonds is 5. The summed E-state index contributed by atoms with van der Waals surface area (Å²) < 4.78 is 3.82. The van der Waals surface area contributed by atoms with E-state index in [1.807, 2.05) is 12.1 Å². The molecule has 34 heavy (non-hydrogen) atoms. The molecule has 1 aromatic heterocycles. The van der Waals surface area contributed by atoms with E-state index in [1.54, 1.807) is 34.6 Å². The number of carbonyl (C=O) groups excluding carboxylic acids is 3. The Bertz CT molecular complexity index is 1050. The molecule has 0 spiro atoms. The number of carbonyl (C=O) groups is 3. The third kappa shape index (κ3) is 5.53. The minimum absolute atomic E-state index is 0.00557. The Morgan fingerprint density at radius 2 is 1.88 bits per heavy atom. The molecule has 9 heteroatoms. The molecule has 2 aromatic rings. The van der Waals surface area contributed by atoms with E-state index in [2.05, 4.69) is 33.6 Å². The van der Waals surface area contributed by atoms with Gasteiger partial charge in [-0.25, -0.2) is 10.1 Å². The van der Waals surface area contributed by atoms with Gasteiger partial charge in [-0.05, 0) is 31.4 Å². The maximum Gasteiger partial charge on any atom is 0.266 e. The molecule has 4 rings (SSSR count). The van der Waals surface area contributed by atoms with Gasteiger partial charge in [-0.1, -0.05) is 24.6 Å². The average Bonchev–Trinajstić information content (AvgIpc) is 3.49. The molecule has 0 aliphatic carbocycles. The molecule has 4 N–H and O–H groups in total. The summed E-state index contributed by atoms with van der Waals surface area (Å²) in [5.41, 5.74) is 3.93. The van der Waals surface area contributed by atoms with Crippen molar-refractivity contribution in [1.29, 1.82) is 0 Å². The van der Waals surface area contributed by atoms with Gasteiger partial charge in [0.15, 0.2) is 6.21 Å². The molecule has 2 aliphatic rings. The van der Waals surface area contributed by atoms with Gasteiger partial charge in [-0.15, -0.1) is 0 Å². The van der Waals surface area contributed by atoms with Gasteiger partial charge >= 0.3 is 0 Å². The molecular weight excluding hydrogens is 434 g/mol. The van der Waals surface area contributed by atoms with Gasteiger partial charge in [0, 0.05) is 37.0 Å². The summed E-state index contributed by atoms with van der Waals surface area (Å²) >= 11 is 0. The Morgan fingerprint density at radius 1 is 1.12 bits per heavy atom. The molecule has 3 atom stereocenters. The Morgan fingerprint density at radius 3 is 2.68 bits per heavy atom. The molecule has 0 saturated carbocycles. The number of hydroxylamine groups is 1. The first kappa shape index (κ1) is 23.7. The Kier molecular flexibility index (Phi) is 7.74. The van der Waals surface area contributed by atoms with Crippen molar-refractivity contribution in [1.82, 2.24) is 20.7 Å². The van der Waals surface area contributed by atoms with E-state index in [4.69, 9.17) is 5.21 Å². The Labute approximate surface area is 198 Å². The van der Waals surface area contributed by atoms with Crippen LogP contribution in [0.1, 0.15) is 56.0 Å². The van der Waals surface area contributed by atoms with Crippen molar-refractivity contribution in [3.63, 3.8) is 0 Å². The summed E-state index contributed by atoms with van der Waals surface area (Å²) in [5, 5.41) is 15.0. The molecule has 9 nitrogen and oxygen atoms in total. The number of amides is 3. The van der Waals surface area contributed by atoms with Crippen molar-refractivity contribution in [3.8, 4) is 0 Å². The van der Waals surface area contributed by atoms with Crippen LogP contribution >= 0.6 is 0 Å². The van der Waals surface area contributed by atoms with Crippen LogP contribution in [0.2, 0.25) is 0 Å². The molecule has 2 bridgehead atoms. The summed E-state index contributed by atoms with van der Waals surface area (Å²) in [5.74, 6) is -1.36. The van der Waals surface area contributed by atoms with E-state index in [9.17, 15) is 14.4 Å². The van der Waals surface area contributed by atoms with Crippen LogP contribution in [0.25, 0.3) is 0 Å². The third-order valence-electron chi connectivity index (χ3n) is 6.55. The van der Waals surface area contributed by atoms with Gasteiger partial charge < -0.3 is 15.2 Å². The van der Waals surface area contributed by atoms with Gasteiger partial charge in [0.1, 0.15) is 18.6 Å². The summed E-state index contributed by atoms with van der Waals surface area (Å²) in [7, 11) is 0. The molecule has 0 saturated heterocycles. The van der Waals surface area contributed by atoms with Crippen LogP contribution in [-0.2, 0) is 14.4 Å². The number of nitrogens with one attached hydrogen (secondary N) is 3. The minimum atomic E-state index is -0.924. The molecule has 2 aliphatic heterocycles. The fourth-order valence-corrected chi connectivity index (χ4v) is 4.80. The van der Waals surface area contributed by atoms with Gasteiger partial charge in [0.25, 0.3) is 5.91 Å². The SMILES string of the molecule is O=C(C[C@H](C(=O)NO)n1cccc1)N[C@H]1CC2C=[N+](CCCCCCNC1=O)c1ccccc12. The fraction of sp³-hybridized carbons (Fsp3) is 0.440. The second-order valence-electron chi connectivity index (χ2n) is 8.90. The van der Waals surface area contributed by atoms with E-state index in [0.717, 1.165) is 43.5 Å². The average molecular weight is 467 g/mol. The summed E-state index contributed by atoms with van der Waals surface area (Å²) in [6.45, 7) is 1.50. The number of fused-ring (bicyclic) bond motifs is 4. The van der Waals surface area contributed by atoms with Crippen LogP contribution in [0.3, 0.4) is 0 Å². The van der Waals surface area contributed by atoms with E-state index in [1.165, 1.54) is 0 Å². The van der Waals surface area contributed by atoms with E-state index in [0.29, 0.717) is 13.0 Å². The smallest absolute Gasteiger partial charge is 0.266 e. The van der Waals surface area contributed by atoms with Gasteiger partial charge in [0.05, 0.1) is 12.3 Å². The molecular formula is C25H32N5O4+. The molecule has 3 heterocycles. The summed E-state index contributed by atoms with van der Waals surface area (Å²) in [6, 6.07) is 9.99. The zero-order valence-electron chi connectivity index (χ0n) is 19.2. The van der Waals surface area contributed by atoms with Gasteiger partial charge in [-0.2, -0.15) is 0 Å². The summed E-state index contributed by atoms with van der Waals surface area (Å²) in [6.07, 6.45) is 9.79. The highest BCUT2D eigenvalue weighted by atomic mass is 16.5. The van der Waals surface area contributed by atoms with Crippen LogP contribution in [0, 0.1) is 0 Å². The number of hydrogen-bond donors (Lipinski definition) is 4. The van der Waals surface area contributed by atoms with Crippen molar-refractivity contribution in [2.75, 3.05) is 13.1 Å². The standard InChI is InChI=1S/C25H31N5O4/c31-23(16-22(25(33)28-34)29-12-7-8-13-29)27-20-15-18-17-30(21-10-4-3-9-19(18)21)14-6-2-1-5-11-26-24(20)32/h3-4,7-10,12-13,17-18,20,22H,1-2,5-6,11,14-16H2,(H3-,26,27,28,31,32,33,34)/p+1/t18?,20-,22+/m0/s1. The number of para-hydroxylation sites is 1. The minimum Gasteiger partial charge on any atom is -0.354 e. The number of hydrogen-bond acceptors (Lipinski definition) is 4. The first-order valence-corrected chi connectivity index (χ1v) is 11.9. The van der Waals surface area contributed by atoms with E-state index in [-0.39, 0.29) is 18.2 Å². The molecule has 180 valence electrons. The molecule has 0 fully saturated rings. The number of benzene rings is 1. The summed E-state index contributed by atoms with van der Waals surface area (Å²) in [4.78, 5) is 38.2. The van der Waals surface area contributed by atoms with Crippen molar-refractivity contribution < 1.29 is 24.2 Å². The zero-order valence-corrected chi connectivity index (χ0v) is 19.2. The van der Waals surface area contributed by atoms with Crippen LogP contribution in [0.5, 0.6) is 0 Å². The van der Waals surface area contributed by atoms with Crippen molar-refractivity contribution in [2.24, 2.45) is 0 Å². The lowest BCUT2D eigenvalue weighted by Gasteiger charge is -2.22. The largest absolute Gasteiger partial charge is 0.354 e. The number of aromatic nitrogens is 1. The third-order valence-corrected chi connectivity index (χ3v) is 6.55. The normalized spacial score (nSPS) is 21.6. The molecule has 3 amide bonds.